The SMILES string of the molecule is CC(C)(C)c1cc(-c2cccnc2-n2c3[c-]c(Oc4[c-]c(-n5[c-][n+]6c7c(cccc75)-c5ccccc5-c5ccccc5-c5ccccc5-6)ccc4)ccc3c3ccccc32)cc(C(C)(C)C)c1.[Pt]. The fraction of sp³-hybridized carbons (Fsp3) is 0.129. The van der Waals surface area contributed by atoms with Gasteiger partial charge in [0.2, 0.25) is 0 Å². The second kappa shape index (κ2) is 16.5. The molecule has 1 aliphatic heterocycles. The number of nitrogens with zero attached hydrogens (tertiary/aromatic N) is 4. The van der Waals surface area contributed by atoms with Gasteiger partial charge < -0.3 is 13.9 Å². The number of hydrogen-bond acceptors (Lipinski definition) is 2. The molecule has 0 N–H and O–H groups in total. The maximum absolute atomic E-state index is 6.76. The summed E-state index contributed by atoms with van der Waals surface area (Å²) in [5, 5.41) is 2.20. The summed E-state index contributed by atoms with van der Waals surface area (Å²) in [6.07, 6.45) is 5.67. The van der Waals surface area contributed by atoms with Crippen LogP contribution in [-0.2, 0) is 31.9 Å². The third-order valence-corrected chi connectivity index (χ3v) is 13.3. The zero-order chi connectivity index (χ0) is 45.6. The number of benzene rings is 8. The van der Waals surface area contributed by atoms with Crippen molar-refractivity contribution < 1.29 is 30.4 Å². The van der Waals surface area contributed by atoms with Crippen molar-refractivity contribution in [2.24, 2.45) is 0 Å². The summed E-state index contributed by atoms with van der Waals surface area (Å²) in [4.78, 5) is 5.13. The van der Waals surface area contributed by atoms with Crippen molar-refractivity contribution in [3.8, 4) is 73.2 Å². The number of para-hydroxylation sites is 3. The van der Waals surface area contributed by atoms with Crippen molar-refractivity contribution in [3.05, 3.63) is 212 Å². The smallest absolute Gasteiger partial charge is 0.268 e. The molecular weight excluding hydrogens is 1010 g/mol. The molecule has 1 aliphatic rings. The van der Waals surface area contributed by atoms with E-state index in [1.165, 1.54) is 33.4 Å². The Morgan fingerprint density at radius 3 is 1.79 bits per heavy atom. The van der Waals surface area contributed by atoms with Crippen molar-refractivity contribution in [2.75, 3.05) is 0 Å². The van der Waals surface area contributed by atoms with Gasteiger partial charge in [-0.15, -0.1) is 29.7 Å². The van der Waals surface area contributed by atoms with E-state index < -0.39 is 0 Å². The van der Waals surface area contributed by atoms with E-state index in [4.69, 9.17) is 9.72 Å². The number of hydrogen-bond donors (Lipinski definition) is 0. The number of ether oxygens (including phenoxy) is 1. The second-order valence-corrected chi connectivity index (χ2v) is 19.7. The van der Waals surface area contributed by atoms with Crippen molar-refractivity contribution in [3.63, 3.8) is 0 Å². The first-order chi connectivity index (χ1) is 32.5. The van der Waals surface area contributed by atoms with E-state index in [2.05, 4.69) is 225 Å². The molecule has 0 fully saturated rings. The molecule has 0 amide bonds. The molecule has 4 heterocycles. The molecular formula is C62H48N4OPt-2. The number of imidazole rings is 1. The molecule has 0 spiro atoms. The van der Waals surface area contributed by atoms with Gasteiger partial charge in [-0.25, -0.2) is 4.98 Å². The normalized spacial score (nSPS) is 12.1. The van der Waals surface area contributed by atoms with Crippen molar-refractivity contribution in [2.45, 2.75) is 52.4 Å². The third-order valence-electron chi connectivity index (χ3n) is 13.3. The Morgan fingerprint density at radius 2 is 1.07 bits per heavy atom. The van der Waals surface area contributed by atoms with Gasteiger partial charge in [0, 0.05) is 49.8 Å². The molecule has 0 saturated heterocycles. The van der Waals surface area contributed by atoms with E-state index in [0.717, 1.165) is 72.3 Å². The van der Waals surface area contributed by atoms with Crippen LogP contribution in [-0.4, -0.2) is 14.1 Å². The van der Waals surface area contributed by atoms with E-state index in [-0.39, 0.29) is 31.9 Å². The second-order valence-electron chi connectivity index (χ2n) is 19.7. The van der Waals surface area contributed by atoms with Gasteiger partial charge in [-0.05, 0) is 96.2 Å². The summed E-state index contributed by atoms with van der Waals surface area (Å²) in [5.41, 5.74) is 17.6. The number of aromatic nitrogens is 4. The quantitative estimate of drug-likeness (QED) is 0.127. The van der Waals surface area contributed by atoms with Crippen LogP contribution in [0.15, 0.2) is 182 Å². The molecule has 11 aromatic rings. The first-order valence-corrected chi connectivity index (χ1v) is 23.0. The zero-order valence-corrected chi connectivity index (χ0v) is 41.1. The summed E-state index contributed by atoms with van der Waals surface area (Å²) < 4.78 is 13.3. The zero-order valence-electron chi connectivity index (χ0n) is 38.8. The van der Waals surface area contributed by atoms with Crippen LogP contribution in [0.2, 0.25) is 0 Å². The molecule has 3 aromatic heterocycles. The third kappa shape index (κ3) is 7.20. The van der Waals surface area contributed by atoms with Crippen molar-refractivity contribution in [1.29, 1.82) is 0 Å². The standard InChI is InChI=1S/C62H48N4O.Pt/c1-61(2,3)41-34-40(35-42(36-41)62(4,5)6)46-27-17-33-63-60(46)66-56-29-14-12-25-52(56)53-32-31-45(38-58(53)66)67-44-19-15-18-43(37-44)64-39-65-55-28-13-11-24-51(55)49-22-9-7-20-47(49)48-21-8-10-23-50(48)54-26-16-30-57(64)59(54)65;/h7-36H,1-6H3;/q-2;. The van der Waals surface area contributed by atoms with Crippen LogP contribution in [0.3, 0.4) is 0 Å². The van der Waals surface area contributed by atoms with E-state index >= 15 is 0 Å². The Balaban J connectivity index is 0.00000507. The van der Waals surface area contributed by atoms with Crippen LogP contribution in [0, 0.1) is 18.5 Å². The molecule has 0 atom stereocenters. The first-order valence-electron chi connectivity index (χ1n) is 23.0. The molecule has 0 radical (unpaired) electrons. The van der Waals surface area contributed by atoms with Crippen molar-refractivity contribution in [1.82, 2.24) is 14.1 Å². The van der Waals surface area contributed by atoms with Gasteiger partial charge >= 0.3 is 0 Å². The Kier molecular flexibility index (Phi) is 10.5. The van der Waals surface area contributed by atoms with Gasteiger partial charge in [0.1, 0.15) is 5.82 Å². The van der Waals surface area contributed by atoms with Gasteiger partial charge in [-0.3, -0.25) is 4.57 Å². The van der Waals surface area contributed by atoms with Crippen LogP contribution in [0.25, 0.3) is 94.5 Å². The summed E-state index contributed by atoms with van der Waals surface area (Å²) in [6, 6.07) is 69.9. The summed E-state index contributed by atoms with van der Waals surface area (Å²) in [7, 11) is 0. The molecule has 12 rings (SSSR count). The molecule has 68 heavy (non-hydrogen) atoms. The van der Waals surface area contributed by atoms with E-state index in [0.29, 0.717) is 11.5 Å². The van der Waals surface area contributed by atoms with Crippen LogP contribution < -0.4 is 9.30 Å². The number of rotatable bonds is 5. The molecule has 5 nitrogen and oxygen atoms in total. The van der Waals surface area contributed by atoms with Gasteiger partial charge in [0.25, 0.3) is 6.33 Å². The van der Waals surface area contributed by atoms with E-state index in [1.54, 1.807) is 0 Å². The predicted molar refractivity (Wildman–Crippen MR) is 273 cm³/mol. The summed E-state index contributed by atoms with van der Waals surface area (Å²) in [5.74, 6) is 2.00. The molecule has 0 bridgehead atoms. The minimum atomic E-state index is -0.0341. The Morgan fingerprint density at radius 1 is 0.500 bits per heavy atom. The fourth-order valence-corrected chi connectivity index (χ4v) is 9.88. The van der Waals surface area contributed by atoms with Gasteiger partial charge in [-0.2, -0.15) is 18.2 Å². The minimum Gasteiger partial charge on any atom is -0.510 e. The van der Waals surface area contributed by atoms with Crippen molar-refractivity contribution >= 4 is 32.8 Å². The number of fused-ring (bicyclic) bond motifs is 10. The average molecular weight is 1060 g/mol. The molecule has 0 aliphatic carbocycles. The number of pyridine rings is 1. The Hall–Kier alpha value is -7.33. The van der Waals surface area contributed by atoms with Crippen LogP contribution in [0.5, 0.6) is 11.5 Å². The van der Waals surface area contributed by atoms with Crippen LogP contribution in [0.4, 0.5) is 0 Å². The Bertz CT molecular complexity index is 3740. The van der Waals surface area contributed by atoms with E-state index in [1.807, 2.05) is 30.5 Å². The molecule has 0 unspecified atom stereocenters. The van der Waals surface area contributed by atoms with E-state index in [9.17, 15) is 0 Å². The molecule has 0 saturated carbocycles. The molecule has 6 heteroatoms. The average Bonchev–Trinajstić information content (AvgIpc) is 3.90. The Labute approximate surface area is 412 Å². The minimum absolute atomic E-state index is 0. The summed E-state index contributed by atoms with van der Waals surface area (Å²) >= 11 is 0. The first kappa shape index (κ1) is 43.3. The molecule has 8 aromatic carbocycles. The van der Waals surface area contributed by atoms with Crippen LogP contribution >= 0.6 is 0 Å². The fourth-order valence-electron chi connectivity index (χ4n) is 9.88. The molecule has 334 valence electrons. The van der Waals surface area contributed by atoms with Crippen LogP contribution in [0.1, 0.15) is 52.7 Å². The maximum Gasteiger partial charge on any atom is 0.268 e. The van der Waals surface area contributed by atoms with Gasteiger partial charge in [0.15, 0.2) is 0 Å². The van der Waals surface area contributed by atoms with Gasteiger partial charge in [0.05, 0.1) is 16.7 Å². The van der Waals surface area contributed by atoms with Gasteiger partial charge in [-0.1, -0.05) is 168 Å². The predicted octanol–water partition coefficient (Wildman–Crippen LogP) is 15.2. The largest absolute Gasteiger partial charge is 0.510 e. The maximum atomic E-state index is 6.76. The summed E-state index contributed by atoms with van der Waals surface area (Å²) in [6.45, 7) is 13.7. The topological polar surface area (TPSA) is 35.9 Å². The monoisotopic (exact) mass is 1060 g/mol.